The van der Waals surface area contributed by atoms with Gasteiger partial charge in [0, 0.05) is 25.0 Å². The summed E-state index contributed by atoms with van der Waals surface area (Å²) in [5.41, 5.74) is 7.10. The smallest absolute Gasteiger partial charge is 0.494 e. The lowest BCUT2D eigenvalue weighted by molar-refractivity contribution is 0.198. The number of fused-ring (bicyclic) bond motifs is 1. The average Bonchev–Trinajstić information content (AvgIpc) is 2.68. The second-order valence-corrected chi connectivity index (χ2v) is 3.90. The van der Waals surface area contributed by atoms with Crippen LogP contribution in [0.5, 0.6) is 5.75 Å². The van der Waals surface area contributed by atoms with Gasteiger partial charge in [0.1, 0.15) is 5.75 Å². The lowest BCUT2D eigenvalue weighted by Gasteiger charge is -2.11. The van der Waals surface area contributed by atoms with Gasteiger partial charge in [-0.1, -0.05) is 12.1 Å². The third-order valence-electron chi connectivity index (χ3n) is 2.76. The van der Waals surface area contributed by atoms with E-state index < -0.39 is 7.12 Å². The van der Waals surface area contributed by atoms with Gasteiger partial charge in [-0.2, -0.15) is 0 Å². The van der Waals surface area contributed by atoms with Crippen LogP contribution in [0.15, 0.2) is 18.2 Å². The molecule has 1 unspecified atom stereocenters. The second-order valence-electron chi connectivity index (χ2n) is 3.90. The predicted octanol–water partition coefficient (Wildman–Crippen LogP) is -0.835. The third-order valence-corrected chi connectivity index (χ3v) is 2.76. The molecule has 1 aliphatic rings. The molecule has 1 aromatic carbocycles. The number of benzene rings is 1. The normalized spacial score (nSPS) is 18.3. The summed E-state index contributed by atoms with van der Waals surface area (Å²) in [6, 6.07) is 5.50. The summed E-state index contributed by atoms with van der Waals surface area (Å²) >= 11 is 0. The zero-order chi connectivity index (χ0) is 12.3. The van der Waals surface area contributed by atoms with Crippen LogP contribution in [0.2, 0.25) is 0 Å². The highest BCUT2D eigenvalue weighted by Crippen LogP contribution is 2.26. The molecule has 0 saturated carbocycles. The number of hydrogen-bond acceptors (Lipinski definition) is 5. The molecule has 0 bridgehead atoms. The molecule has 1 atom stereocenters. The minimum absolute atomic E-state index is 0.0828. The quantitative estimate of drug-likeness (QED) is 0.459. The number of aliphatic hydroxyl groups is 1. The summed E-state index contributed by atoms with van der Waals surface area (Å²) in [5, 5.41) is 18.5. The SMILES string of the molecule is NCC1OB(O)c2c(OCCCO)cccc21. The number of rotatable bonds is 5. The molecule has 0 saturated heterocycles. The first kappa shape index (κ1) is 12.4. The van der Waals surface area contributed by atoms with Gasteiger partial charge in [-0.05, 0) is 11.6 Å². The van der Waals surface area contributed by atoms with Crippen molar-refractivity contribution in [3.8, 4) is 5.75 Å². The van der Waals surface area contributed by atoms with Gasteiger partial charge in [0.05, 0.1) is 12.7 Å². The highest BCUT2D eigenvalue weighted by atomic mass is 16.5. The summed E-state index contributed by atoms with van der Waals surface area (Å²) in [4.78, 5) is 0. The molecule has 1 aromatic rings. The van der Waals surface area contributed by atoms with E-state index in [4.69, 9.17) is 20.2 Å². The average molecular weight is 237 g/mol. The van der Waals surface area contributed by atoms with E-state index in [1.807, 2.05) is 12.1 Å². The first-order valence-electron chi connectivity index (χ1n) is 5.68. The maximum atomic E-state index is 9.81. The molecule has 5 nitrogen and oxygen atoms in total. The maximum Gasteiger partial charge on any atom is 0.495 e. The van der Waals surface area contributed by atoms with Crippen LogP contribution in [0, 0.1) is 0 Å². The predicted molar refractivity (Wildman–Crippen MR) is 64.1 cm³/mol. The van der Waals surface area contributed by atoms with Gasteiger partial charge in [0.25, 0.3) is 0 Å². The number of hydrogen-bond donors (Lipinski definition) is 3. The summed E-state index contributed by atoms with van der Waals surface area (Å²) in [5.74, 6) is 0.597. The summed E-state index contributed by atoms with van der Waals surface area (Å²) in [7, 11) is -0.983. The zero-order valence-electron chi connectivity index (χ0n) is 9.50. The summed E-state index contributed by atoms with van der Waals surface area (Å²) in [6.45, 7) is 0.816. The van der Waals surface area contributed by atoms with Crippen LogP contribution >= 0.6 is 0 Å². The Hall–Kier alpha value is -1.08. The van der Waals surface area contributed by atoms with Crippen LogP contribution in [0.4, 0.5) is 0 Å². The van der Waals surface area contributed by atoms with Crippen molar-refractivity contribution in [2.45, 2.75) is 12.5 Å². The molecule has 1 aliphatic heterocycles. The largest absolute Gasteiger partial charge is 0.495 e. The molecule has 1 heterocycles. The van der Waals surface area contributed by atoms with Crippen molar-refractivity contribution >= 4 is 12.6 Å². The van der Waals surface area contributed by atoms with Crippen LogP contribution < -0.4 is 15.9 Å². The van der Waals surface area contributed by atoms with Crippen LogP contribution in [0.1, 0.15) is 18.1 Å². The fourth-order valence-electron chi connectivity index (χ4n) is 1.96. The van der Waals surface area contributed by atoms with E-state index in [2.05, 4.69) is 0 Å². The molecular weight excluding hydrogens is 221 g/mol. The van der Waals surface area contributed by atoms with Gasteiger partial charge in [-0.15, -0.1) is 0 Å². The molecule has 0 amide bonds. The van der Waals surface area contributed by atoms with Crippen molar-refractivity contribution in [1.82, 2.24) is 0 Å². The fourth-order valence-corrected chi connectivity index (χ4v) is 1.96. The van der Waals surface area contributed by atoms with E-state index in [0.717, 1.165) is 5.56 Å². The van der Waals surface area contributed by atoms with Crippen LogP contribution in [-0.2, 0) is 4.65 Å². The van der Waals surface area contributed by atoms with E-state index in [0.29, 0.717) is 30.8 Å². The van der Waals surface area contributed by atoms with Crippen molar-refractivity contribution in [3.05, 3.63) is 23.8 Å². The molecule has 6 heteroatoms. The van der Waals surface area contributed by atoms with Gasteiger partial charge in [-0.25, -0.2) is 0 Å². The van der Waals surface area contributed by atoms with E-state index in [1.165, 1.54) is 0 Å². The van der Waals surface area contributed by atoms with Crippen molar-refractivity contribution in [1.29, 1.82) is 0 Å². The van der Waals surface area contributed by atoms with Crippen LogP contribution in [0.25, 0.3) is 0 Å². The lowest BCUT2D eigenvalue weighted by Crippen LogP contribution is -2.30. The standard InChI is InChI=1S/C11H16BNO4/c13-7-10-8-3-1-4-9(16-6-2-5-14)11(8)12(15)17-10/h1,3-4,10,14-15H,2,5-7,13H2. The van der Waals surface area contributed by atoms with Crippen molar-refractivity contribution in [2.24, 2.45) is 5.73 Å². The minimum Gasteiger partial charge on any atom is -0.494 e. The van der Waals surface area contributed by atoms with Gasteiger partial charge < -0.3 is 25.3 Å². The Labute approximate surface area is 100 Å². The molecule has 0 aliphatic carbocycles. The molecular formula is C11H16BNO4. The van der Waals surface area contributed by atoms with E-state index in [-0.39, 0.29) is 12.7 Å². The van der Waals surface area contributed by atoms with Gasteiger partial charge in [0.15, 0.2) is 0 Å². The minimum atomic E-state index is -0.983. The Morgan fingerprint density at radius 3 is 3.00 bits per heavy atom. The molecule has 0 fully saturated rings. The van der Waals surface area contributed by atoms with Gasteiger partial charge in [-0.3, -0.25) is 0 Å². The van der Waals surface area contributed by atoms with Gasteiger partial charge in [0.2, 0.25) is 0 Å². The summed E-state index contributed by atoms with van der Waals surface area (Å²) in [6.07, 6.45) is 0.280. The summed E-state index contributed by atoms with van der Waals surface area (Å²) < 4.78 is 10.8. The molecule has 2 rings (SSSR count). The fraction of sp³-hybridized carbons (Fsp3) is 0.455. The number of aliphatic hydroxyl groups excluding tert-OH is 1. The topological polar surface area (TPSA) is 84.9 Å². The van der Waals surface area contributed by atoms with Crippen LogP contribution in [0.3, 0.4) is 0 Å². The highest BCUT2D eigenvalue weighted by molar-refractivity contribution is 6.62. The Morgan fingerprint density at radius 2 is 2.29 bits per heavy atom. The third kappa shape index (κ3) is 2.45. The van der Waals surface area contributed by atoms with Crippen LogP contribution in [-0.4, -0.2) is 37.0 Å². The molecule has 0 spiro atoms. The first-order chi connectivity index (χ1) is 8.27. The zero-order valence-corrected chi connectivity index (χ0v) is 9.50. The number of nitrogens with two attached hydrogens (primary N) is 1. The first-order valence-corrected chi connectivity index (χ1v) is 5.68. The Kier molecular flexibility index (Phi) is 4.01. The second kappa shape index (κ2) is 5.51. The molecule has 0 radical (unpaired) electrons. The maximum absolute atomic E-state index is 9.81. The Morgan fingerprint density at radius 1 is 1.47 bits per heavy atom. The Bertz CT molecular complexity index is 388. The number of ether oxygens (including phenoxy) is 1. The van der Waals surface area contributed by atoms with E-state index >= 15 is 0 Å². The van der Waals surface area contributed by atoms with E-state index in [9.17, 15) is 5.02 Å². The molecule has 4 N–H and O–H groups in total. The highest BCUT2D eigenvalue weighted by Gasteiger charge is 2.37. The van der Waals surface area contributed by atoms with Crippen molar-refractivity contribution < 1.29 is 19.5 Å². The van der Waals surface area contributed by atoms with E-state index in [1.54, 1.807) is 6.07 Å². The Balaban J connectivity index is 2.21. The lowest BCUT2D eigenvalue weighted by atomic mass is 9.78. The molecule has 17 heavy (non-hydrogen) atoms. The monoisotopic (exact) mass is 237 g/mol. The van der Waals surface area contributed by atoms with Crippen molar-refractivity contribution in [2.75, 3.05) is 19.8 Å². The van der Waals surface area contributed by atoms with Gasteiger partial charge >= 0.3 is 7.12 Å². The molecule has 0 aromatic heterocycles. The molecule has 92 valence electrons. The van der Waals surface area contributed by atoms with Crippen molar-refractivity contribution in [3.63, 3.8) is 0 Å².